The van der Waals surface area contributed by atoms with Crippen LogP contribution in [0.3, 0.4) is 0 Å². The van der Waals surface area contributed by atoms with Gasteiger partial charge in [-0.15, -0.1) is 12.4 Å². The van der Waals surface area contributed by atoms with Gasteiger partial charge in [0, 0.05) is 57.3 Å². The van der Waals surface area contributed by atoms with Crippen LogP contribution < -0.4 is 15.5 Å². The maximum Gasteiger partial charge on any atom is 0.293 e. The third-order valence-corrected chi connectivity index (χ3v) is 4.56. The molecular formula is C17H26ClN5O4. The number of nitrogens with one attached hydrogen (secondary N) is 2. The molecule has 2 rings (SSSR count). The molecule has 10 heteroatoms. The molecule has 0 spiro atoms. The highest BCUT2D eigenvalue weighted by molar-refractivity contribution is 5.95. The summed E-state index contributed by atoms with van der Waals surface area (Å²) in [5.41, 5.74) is 0.625. The standard InChI is InChI=1S/C17H25N5O4.ClH/c1-12(18-3)11-19-17(24)14-4-5-15(16(10-14)22(25)26)21-8-6-20(7-9-21)13(2)23;/h4-5,10,12,18H,6-9,11H2,1-3H3,(H,19,24);1H. The number of hydrogen-bond donors (Lipinski definition) is 2. The highest BCUT2D eigenvalue weighted by Crippen LogP contribution is 2.30. The minimum atomic E-state index is -0.473. The summed E-state index contributed by atoms with van der Waals surface area (Å²) in [5, 5.41) is 17.3. The van der Waals surface area contributed by atoms with E-state index in [1.807, 2.05) is 11.8 Å². The molecular weight excluding hydrogens is 374 g/mol. The molecule has 1 heterocycles. The second-order valence-corrected chi connectivity index (χ2v) is 6.35. The molecule has 150 valence electrons. The van der Waals surface area contributed by atoms with Gasteiger partial charge < -0.3 is 20.4 Å². The summed E-state index contributed by atoms with van der Waals surface area (Å²) in [6.45, 7) is 5.95. The Bertz CT molecular complexity index is 692. The molecule has 1 fully saturated rings. The Kier molecular flexibility index (Phi) is 8.45. The van der Waals surface area contributed by atoms with Crippen molar-refractivity contribution in [2.75, 3.05) is 44.7 Å². The van der Waals surface area contributed by atoms with Gasteiger partial charge in [-0.1, -0.05) is 0 Å². The zero-order valence-electron chi connectivity index (χ0n) is 15.7. The molecule has 1 aliphatic rings. The van der Waals surface area contributed by atoms with Gasteiger partial charge in [-0.05, 0) is 26.1 Å². The van der Waals surface area contributed by atoms with Crippen LogP contribution in [-0.2, 0) is 4.79 Å². The summed E-state index contributed by atoms with van der Waals surface area (Å²) in [5.74, 6) is -0.342. The van der Waals surface area contributed by atoms with Crippen LogP contribution in [0.1, 0.15) is 24.2 Å². The van der Waals surface area contributed by atoms with E-state index in [-0.39, 0.29) is 41.5 Å². The van der Waals surface area contributed by atoms with Crippen LogP contribution in [0.4, 0.5) is 11.4 Å². The minimum absolute atomic E-state index is 0. The molecule has 9 nitrogen and oxygen atoms in total. The van der Waals surface area contributed by atoms with Gasteiger partial charge in [0.2, 0.25) is 5.91 Å². The molecule has 1 unspecified atom stereocenters. The van der Waals surface area contributed by atoms with Crippen molar-refractivity contribution in [3.63, 3.8) is 0 Å². The largest absolute Gasteiger partial charge is 0.362 e. The lowest BCUT2D eigenvalue weighted by Crippen LogP contribution is -2.48. The zero-order valence-corrected chi connectivity index (χ0v) is 16.5. The lowest BCUT2D eigenvalue weighted by molar-refractivity contribution is -0.384. The van der Waals surface area contributed by atoms with E-state index in [9.17, 15) is 19.7 Å². The van der Waals surface area contributed by atoms with Crippen molar-refractivity contribution < 1.29 is 14.5 Å². The SMILES string of the molecule is CNC(C)CNC(=O)c1ccc(N2CCN(C(C)=O)CC2)c([N+](=O)[O-])c1.Cl. The Balaban J connectivity index is 0.00000364. The molecule has 0 radical (unpaired) electrons. The van der Waals surface area contributed by atoms with Crippen molar-refractivity contribution in [3.8, 4) is 0 Å². The van der Waals surface area contributed by atoms with Crippen LogP contribution in [0.15, 0.2) is 18.2 Å². The van der Waals surface area contributed by atoms with Gasteiger partial charge >= 0.3 is 0 Å². The minimum Gasteiger partial charge on any atom is -0.362 e. The summed E-state index contributed by atoms with van der Waals surface area (Å²) in [6.07, 6.45) is 0. The molecule has 0 bridgehead atoms. The average molecular weight is 400 g/mol. The number of carbonyl (C=O) groups excluding carboxylic acids is 2. The van der Waals surface area contributed by atoms with E-state index in [0.29, 0.717) is 38.4 Å². The van der Waals surface area contributed by atoms with Crippen LogP contribution in [0.25, 0.3) is 0 Å². The van der Waals surface area contributed by atoms with Crippen molar-refractivity contribution >= 4 is 35.6 Å². The summed E-state index contributed by atoms with van der Waals surface area (Å²) in [4.78, 5) is 38.3. The number of halogens is 1. The Hall–Kier alpha value is -2.39. The molecule has 0 aromatic heterocycles. The van der Waals surface area contributed by atoms with Crippen LogP contribution >= 0.6 is 12.4 Å². The second-order valence-electron chi connectivity index (χ2n) is 6.35. The maximum absolute atomic E-state index is 12.2. The predicted octanol–water partition coefficient (Wildman–Crippen LogP) is 1.02. The lowest BCUT2D eigenvalue weighted by atomic mass is 10.1. The maximum atomic E-state index is 12.2. The number of amides is 2. The summed E-state index contributed by atoms with van der Waals surface area (Å²) in [6, 6.07) is 4.62. The first kappa shape index (κ1) is 22.7. The van der Waals surface area contributed by atoms with Gasteiger partial charge in [-0.2, -0.15) is 0 Å². The summed E-state index contributed by atoms with van der Waals surface area (Å²) >= 11 is 0. The smallest absolute Gasteiger partial charge is 0.293 e. The molecule has 1 aliphatic heterocycles. The van der Waals surface area contributed by atoms with E-state index < -0.39 is 4.92 Å². The third kappa shape index (κ3) is 5.80. The second kappa shape index (κ2) is 10.1. The molecule has 1 aromatic rings. The van der Waals surface area contributed by atoms with E-state index in [2.05, 4.69) is 10.6 Å². The normalized spacial score (nSPS) is 14.9. The van der Waals surface area contributed by atoms with Crippen molar-refractivity contribution in [2.24, 2.45) is 0 Å². The first-order valence-electron chi connectivity index (χ1n) is 8.57. The topological polar surface area (TPSA) is 108 Å². The first-order valence-corrected chi connectivity index (χ1v) is 8.57. The fourth-order valence-corrected chi connectivity index (χ4v) is 2.79. The number of piperazine rings is 1. The van der Waals surface area contributed by atoms with Gasteiger partial charge in [-0.25, -0.2) is 0 Å². The van der Waals surface area contributed by atoms with Crippen molar-refractivity contribution in [1.29, 1.82) is 0 Å². The Labute approximate surface area is 164 Å². The van der Waals surface area contributed by atoms with E-state index in [4.69, 9.17) is 0 Å². The molecule has 0 aliphatic carbocycles. The molecule has 1 saturated heterocycles. The van der Waals surface area contributed by atoms with E-state index in [1.165, 1.54) is 13.0 Å². The van der Waals surface area contributed by atoms with Crippen LogP contribution in [0.5, 0.6) is 0 Å². The number of rotatable bonds is 6. The Morgan fingerprint density at radius 1 is 1.26 bits per heavy atom. The van der Waals surface area contributed by atoms with E-state index in [1.54, 1.807) is 24.1 Å². The van der Waals surface area contributed by atoms with Gasteiger partial charge in [0.1, 0.15) is 5.69 Å². The van der Waals surface area contributed by atoms with Crippen LogP contribution in [-0.4, -0.2) is 67.5 Å². The average Bonchev–Trinajstić information content (AvgIpc) is 2.65. The Morgan fingerprint density at radius 2 is 1.89 bits per heavy atom. The Morgan fingerprint density at radius 3 is 2.41 bits per heavy atom. The fourth-order valence-electron chi connectivity index (χ4n) is 2.79. The number of nitrogens with zero attached hydrogens (tertiary/aromatic N) is 3. The fraction of sp³-hybridized carbons (Fsp3) is 0.529. The number of nitro benzene ring substituents is 1. The quantitative estimate of drug-likeness (QED) is 0.546. The number of carbonyl (C=O) groups is 2. The van der Waals surface area contributed by atoms with E-state index in [0.717, 1.165) is 0 Å². The molecule has 2 amide bonds. The molecule has 2 N–H and O–H groups in total. The van der Waals surface area contributed by atoms with Gasteiger partial charge in [-0.3, -0.25) is 19.7 Å². The molecule has 1 atom stereocenters. The highest BCUT2D eigenvalue weighted by atomic mass is 35.5. The van der Waals surface area contributed by atoms with Crippen LogP contribution in [0, 0.1) is 10.1 Å². The molecule has 0 saturated carbocycles. The van der Waals surface area contributed by atoms with Gasteiger partial charge in [0.15, 0.2) is 0 Å². The van der Waals surface area contributed by atoms with Crippen molar-refractivity contribution in [2.45, 2.75) is 19.9 Å². The number of hydrogen-bond acceptors (Lipinski definition) is 6. The lowest BCUT2D eigenvalue weighted by Gasteiger charge is -2.35. The third-order valence-electron chi connectivity index (χ3n) is 4.56. The van der Waals surface area contributed by atoms with Gasteiger partial charge in [0.25, 0.3) is 11.6 Å². The van der Waals surface area contributed by atoms with Gasteiger partial charge in [0.05, 0.1) is 4.92 Å². The first-order chi connectivity index (χ1) is 12.3. The molecule has 1 aromatic carbocycles. The molecule has 27 heavy (non-hydrogen) atoms. The van der Waals surface area contributed by atoms with Crippen molar-refractivity contribution in [1.82, 2.24) is 15.5 Å². The van der Waals surface area contributed by atoms with Crippen molar-refractivity contribution in [3.05, 3.63) is 33.9 Å². The monoisotopic (exact) mass is 399 g/mol. The predicted molar refractivity (Wildman–Crippen MR) is 106 cm³/mol. The number of nitro groups is 1. The summed E-state index contributed by atoms with van der Waals surface area (Å²) < 4.78 is 0. The summed E-state index contributed by atoms with van der Waals surface area (Å²) in [7, 11) is 1.79. The van der Waals surface area contributed by atoms with Crippen LogP contribution in [0.2, 0.25) is 0 Å². The number of benzene rings is 1. The number of anilines is 1. The zero-order chi connectivity index (χ0) is 19.3. The number of likely N-dealkylation sites (N-methyl/N-ethyl adjacent to an activating group) is 1. The highest BCUT2D eigenvalue weighted by Gasteiger charge is 2.25. The van der Waals surface area contributed by atoms with E-state index >= 15 is 0 Å².